The van der Waals surface area contributed by atoms with Gasteiger partial charge in [-0.25, -0.2) is 0 Å². The maximum absolute atomic E-state index is 10.3. The minimum absolute atomic E-state index is 0.799. The predicted octanol–water partition coefficient (Wildman–Crippen LogP) is 4.66. The van der Waals surface area contributed by atoms with Gasteiger partial charge >= 0.3 is 0 Å². The van der Waals surface area contributed by atoms with Crippen molar-refractivity contribution in [2.45, 2.75) is 20.8 Å². The van der Waals surface area contributed by atoms with Crippen molar-refractivity contribution in [1.82, 2.24) is 0 Å². The minimum atomic E-state index is 0.799. The highest BCUT2D eigenvalue weighted by atomic mass is 16.1. The first-order chi connectivity index (χ1) is 9.11. The fraction of sp³-hybridized carbons (Fsp3) is 0.167. The van der Waals surface area contributed by atoms with Gasteiger partial charge in [-0.15, -0.1) is 0 Å². The van der Waals surface area contributed by atoms with Crippen LogP contribution in [-0.4, -0.2) is 6.29 Å². The molecule has 0 aromatic heterocycles. The largest absolute Gasteiger partial charge is 0.299 e. The number of rotatable bonds is 5. The summed E-state index contributed by atoms with van der Waals surface area (Å²) in [4.78, 5) is 10.3. The zero-order chi connectivity index (χ0) is 14.1. The maximum Gasteiger partial charge on any atom is 0.143 e. The molecule has 1 aromatic rings. The van der Waals surface area contributed by atoms with Gasteiger partial charge in [0.05, 0.1) is 0 Å². The molecular formula is C18H20O. The van der Waals surface area contributed by atoms with Crippen LogP contribution in [0.4, 0.5) is 0 Å². The van der Waals surface area contributed by atoms with Gasteiger partial charge in [-0.05, 0) is 38.0 Å². The second kappa shape index (κ2) is 8.04. The smallest absolute Gasteiger partial charge is 0.143 e. The summed E-state index contributed by atoms with van der Waals surface area (Å²) in [5.41, 5.74) is 4.57. The van der Waals surface area contributed by atoms with Crippen LogP contribution in [0.5, 0.6) is 0 Å². The van der Waals surface area contributed by atoms with Gasteiger partial charge in [0.15, 0.2) is 0 Å². The quantitative estimate of drug-likeness (QED) is 0.423. The van der Waals surface area contributed by atoms with Crippen LogP contribution in [0.25, 0.3) is 6.08 Å². The van der Waals surface area contributed by atoms with Gasteiger partial charge in [0.25, 0.3) is 0 Å². The lowest BCUT2D eigenvalue weighted by Crippen LogP contribution is -1.74. The van der Waals surface area contributed by atoms with Gasteiger partial charge < -0.3 is 0 Å². The summed E-state index contributed by atoms with van der Waals surface area (Å²) in [6.07, 6.45) is 12.4. The highest BCUT2D eigenvalue weighted by molar-refractivity contribution is 5.67. The van der Waals surface area contributed by atoms with E-state index in [1.807, 2.05) is 32.1 Å². The number of carbonyl (C=O) groups excluding carboxylic acids is 1. The first-order valence-electron chi connectivity index (χ1n) is 6.33. The molecule has 1 aromatic carbocycles. The lowest BCUT2D eigenvalue weighted by molar-refractivity contribution is -0.104. The molecule has 0 atom stereocenters. The summed E-state index contributed by atoms with van der Waals surface area (Å²) in [5, 5.41) is 0. The fourth-order valence-corrected chi connectivity index (χ4v) is 1.48. The van der Waals surface area contributed by atoms with E-state index in [0.717, 1.165) is 17.4 Å². The van der Waals surface area contributed by atoms with Crippen molar-refractivity contribution in [3.63, 3.8) is 0 Å². The summed E-state index contributed by atoms with van der Waals surface area (Å²) in [7, 11) is 0. The second-order valence-electron chi connectivity index (χ2n) is 4.56. The summed E-state index contributed by atoms with van der Waals surface area (Å²) in [6, 6.07) is 8.41. The van der Waals surface area contributed by atoms with Crippen molar-refractivity contribution in [2.75, 3.05) is 0 Å². The summed E-state index contributed by atoms with van der Waals surface area (Å²) in [5.74, 6) is 0. The maximum atomic E-state index is 10.3. The number of hydrogen-bond acceptors (Lipinski definition) is 1. The van der Waals surface area contributed by atoms with E-state index in [0.29, 0.717) is 0 Å². The van der Waals surface area contributed by atoms with E-state index >= 15 is 0 Å². The Hall–Kier alpha value is -2.15. The molecule has 0 bridgehead atoms. The normalized spacial score (nSPS) is 13.4. The molecule has 0 amide bonds. The van der Waals surface area contributed by atoms with Crippen molar-refractivity contribution < 1.29 is 4.79 Å². The van der Waals surface area contributed by atoms with Crippen LogP contribution in [-0.2, 0) is 4.79 Å². The molecule has 98 valence electrons. The number of aryl methyl sites for hydroxylation is 1. The van der Waals surface area contributed by atoms with E-state index in [1.54, 1.807) is 6.08 Å². The lowest BCUT2D eigenvalue weighted by Gasteiger charge is -1.95. The first kappa shape index (κ1) is 14.9. The highest BCUT2D eigenvalue weighted by Gasteiger charge is 1.86. The average Bonchev–Trinajstić information content (AvgIpc) is 2.38. The van der Waals surface area contributed by atoms with Gasteiger partial charge in [0.1, 0.15) is 6.29 Å². The molecule has 0 unspecified atom stereocenters. The summed E-state index contributed by atoms with van der Waals surface area (Å²) < 4.78 is 0. The molecule has 1 heteroatoms. The van der Waals surface area contributed by atoms with Gasteiger partial charge in [0, 0.05) is 0 Å². The molecular weight excluding hydrogens is 232 g/mol. The Morgan fingerprint density at radius 2 is 1.58 bits per heavy atom. The van der Waals surface area contributed by atoms with E-state index in [9.17, 15) is 4.79 Å². The summed E-state index contributed by atoms with van der Waals surface area (Å²) in [6.45, 7) is 6.03. The molecule has 1 rings (SSSR count). The highest BCUT2D eigenvalue weighted by Crippen LogP contribution is 2.07. The van der Waals surface area contributed by atoms with E-state index < -0.39 is 0 Å². The van der Waals surface area contributed by atoms with Crippen molar-refractivity contribution >= 4 is 12.4 Å². The van der Waals surface area contributed by atoms with Crippen LogP contribution in [0.1, 0.15) is 25.0 Å². The molecule has 0 N–H and O–H groups in total. The molecule has 1 nitrogen and oxygen atoms in total. The molecule has 0 saturated heterocycles. The standard InChI is InChI=1S/C18H20O/c1-15(5-4-6-16(2)13-14-19)7-10-18-11-8-17(3)9-12-18/h4-14H,1-3H3/b6-4+,10-7+,15-5+,16-13+. The van der Waals surface area contributed by atoms with E-state index in [2.05, 4.69) is 43.3 Å². The number of carbonyl (C=O) groups is 1. The van der Waals surface area contributed by atoms with Crippen molar-refractivity contribution in [1.29, 1.82) is 0 Å². The lowest BCUT2D eigenvalue weighted by atomic mass is 10.1. The number of hydrogen-bond donors (Lipinski definition) is 0. The monoisotopic (exact) mass is 252 g/mol. The topological polar surface area (TPSA) is 17.1 Å². The first-order valence-corrected chi connectivity index (χ1v) is 6.33. The third-order valence-corrected chi connectivity index (χ3v) is 2.67. The Morgan fingerprint density at radius 3 is 2.21 bits per heavy atom. The van der Waals surface area contributed by atoms with E-state index in [4.69, 9.17) is 0 Å². The van der Waals surface area contributed by atoms with Gasteiger partial charge in [-0.3, -0.25) is 4.79 Å². The zero-order valence-corrected chi connectivity index (χ0v) is 11.8. The third-order valence-electron chi connectivity index (χ3n) is 2.67. The fourth-order valence-electron chi connectivity index (χ4n) is 1.48. The Kier molecular flexibility index (Phi) is 6.31. The van der Waals surface area contributed by atoms with Gasteiger partial charge in [0.2, 0.25) is 0 Å². The molecule has 0 spiro atoms. The van der Waals surface area contributed by atoms with Crippen molar-refractivity contribution in [2.24, 2.45) is 0 Å². The Labute approximate surface area is 115 Å². The molecule has 19 heavy (non-hydrogen) atoms. The number of allylic oxidation sites excluding steroid dienone is 7. The van der Waals surface area contributed by atoms with E-state index in [1.165, 1.54) is 11.1 Å². The molecule has 0 radical (unpaired) electrons. The molecule has 0 fully saturated rings. The minimum Gasteiger partial charge on any atom is -0.299 e. The molecule has 0 saturated carbocycles. The Morgan fingerprint density at radius 1 is 0.947 bits per heavy atom. The Balaban J connectivity index is 2.63. The molecule has 0 aliphatic heterocycles. The van der Waals surface area contributed by atoms with Crippen LogP contribution in [0.2, 0.25) is 0 Å². The SMILES string of the molecule is CC(/C=C/C=C(C)/C=C/c1ccc(C)cc1)=C\C=O. The van der Waals surface area contributed by atoms with E-state index in [-0.39, 0.29) is 0 Å². The van der Waals surface area contributed by atoms with Crippen LogP contribution < -0.4 is 0 Å². The van der Waals surface area contributed by atoms with Crippen molar-refractivity contribution in [3.8, 4) is 0 Å². The van der Waals surface area contributed by atoms with Crippen LogP contribution in [0.3, 0.4) is 0 Å². The van der Waals surface area contributed by atoms with Gasteiger partial charge in [-0.2, -0.15) is 0 Å². The Bertz CT molecular complexity index is 525. The van der Waals surface area contributed by atoms with Crippen LogP contribution in [0, 0.1) is 6.92 Å². The van der Waals surface area contributed by atoms with Crippen LogP contribution in [0.15, 0.2) is 65.8 Å². The summed E-state index contributed by atoms with van der Waals surface area (Å²) >= 11 is 0. The van der Waals surface area contributed by atoms with Crippen LogP contribution >= 0.6 is 0 Å². The van der Waals surface area contributed by atoms with Crippen molar-refractivity contribution in [3.05, 3.63) is 76.9 Å². The predicted molar refractivity (Wildman–Crippen MR) is 82.9 cm³/mol. The molecule has 0 aliphatic rings. The third kappa shape index (κ3) is 6.37. The van der Waals surface area contributed by atoms with Gasteiger partial charge in [-0.1, -0.05) is 65.8 Å². The second-order valence-corrected chi connectivity index (χ2v) is 4.56. The average molecular weight is 252 g/mol. The number of aldehydes is 1. The zero-order valence-electron chi connectivity index (χ0n) is 11.8. The molecule has 0 aliphatic carbocycles. The number of benzene rings is 1. The molecule has 0 heterocycles.